The zero-order valence-electron chi connectivity index (χ0n) is 11.7. The highest BCUT2D eigenvalue weighted by molar-refractivity contribution is 7.91. The highest BCUT2D eigenvalue weighted by Crippen LogP contribution is 2.12. The molecular weight excluding hydrogens is 288 g/mol. The van der Waals surface area contributed by atoms with Gasteiger partial charge in [0.15, 0.2) is 15.3 Å². The number of hydrogen-bond acceptors (Lipinski definition) is 4. The predicted octanol–water partition coefficient (Wildman–Crippen LogP) is 0.778. The van der Waals surface area contributed by atoms with E-state index in [1.807, 2.05) is 28.8 Å². The molecule has 1 aromatic heterocycles. The minimum Gasteiger partial charge on any atom is -0.346 e. The molecule has 1 fully saturated rings. The van der Waals surface area contributed by atoms with Gasteiger partial charge < -0.3 is 9.88 Å². The topological polar surface area (TPSA) is 68.2 Å². The Labute approximate surface area is 123 Å². The summed E-state index contributed by atoms with van der Waals surface area (Å²) in [4.78, 5) is 11.8. The lowest BCUT2D eigenvalue weighted by Gasteiger charge is -2.14. The van der Waals surface area contributed by atoms with Gasteiger partial charge in [0.25, 0.3) is 0 Å². The highest BCUT2D eigenvalue weighted by atomic mass is 32.2. The van der Waals surface area contributed by atoms with Crippen LogP contribution in [0.15, 0.2) is 41.3 Å². The Morgan fingerprint density at radius 3 is 2.81 bits per heavy atom. The van der Waals surface area contributed by atoms with Crippen molar-refractivity contribution in [1.82, 2.24) is 9.88 Å². The van der Waals surface area contributed by atoms with Crippen molar-refractivity contribution in [3.63, 3.8) is 0 Å². The Morgan fingerprint density at radius 2 is 2.05 bits per heavy atom. The van der Waals surface area contributed by atoms with Gasteiger partial charge in [-0.05, 0) is 18.6 Å². The molecule has 0 spiro atoms. The van der Waals surface area contributed by atoms with Crippen LogP contribution in [-0.4, -0.2) is 37.1 Å². The maximum absolute atomic E-state index is 11.8. The van der Waals surface area contributed by atoms with Gasteiger partial charge in [-0.3, -0.25) is 4.79 Å². The summed E-state index contributed by atoms with van der Waals surface area (Å²) in [5.41, 5.74) is 0.933. The molecule has 0 bridgehead atoms. The van der Waals surface area contributed by atoms with E-state index < -0.39 is 9.84 Å². The molecule has 1 aliphatic rings. The molecule has 0 amide bonds. The van der Waals surface area contributed by atoms with Gasteiger partial charge in [0.05, 0.1) is 17.0 Å². The van der Waals surface area contributed by atoms with Crippen LogP contribution < -0.4 is 10.7 Å². The van der Waals surface area contributed by atoms with Crippen LogP contribution in [0.1, 0.15) is 6.42 Å². The molecule has 1 N–H and O–H groups in total. The van der Waals surface area contributed by atoms with Crippen molar-refractivity contribution in [3.8, 4) is 0 Å². The Bertz CT molecular complexity index is 811. The minimum atomic E-state index is -2.84. The largest absolute Gasteiger partial charge is 0.346 e. The summed E-state index contributed by atoms with van der Waals surface area (Å²) in [6, 6.07) is 9.15. The van der Waals surface area contributed by atoms with Crippen LogP contribution in [0, 0.1) is 0 Å². The predicted molar refractivity (Wildman–Crippen MR) is 83.3 cm³/mol. The summed E-state index contributed by atoms with van der Waals surface area (Å²) < 4.78 is 24.8. The molecule has 112 valence electrons. The van der Waals surface area contributed by atoms with E-state index in [2.05, 4.69) is 5.32 Å². The molecule has 6 heteroatoms. The number of pyridine rings is 1. The maximum atomic E-state index is 11.8. The van der Waals surface area contributed by atoms with Crippen molar-refractivity contribution in [2.75, 3.05) is 18.1 Å². The lowest BCUT2D eigenvalue weighted by atomic mass is 10.2. The average molecular weight is 306 g/mol. The number of fused-ring (bicyclic) bond motifs is 1. The molecule has 21 heavy (non-hydrogen) atoms. The monoisotopic (exact) mass is 306 g/mol. The third-order valence-corrected chi connectivity index (χ3v) is 5.67. The number of nitrogens with one attached hydrogen (secondary N) is 1. The van der Waals surface area contributed by atoms with E-state index in [9.17, 15) is 13.2 Å². The molecule has 0 aliphatic carbocycles. The first-order valence-corrected chi connectivity index (χ1v) is 8.89. The molecule has 0 saturated carbocycles. The SMILES string of the molecule is O=c1ccn(CCNC2CCS(=O)(=O)C2)c2ccccc12. The van der Waals surface area contributed by atoms with Gasteiger partial charge in [0.1, 0.15) is 0 Å². The van der Waals surface area contributed by atoms with Gasteiger partial charge in [0, 0.05) is 36.8 Å². The number of rotatable bonds is 4. The molecule has 5 nitrogen and oxygen atoms in total. The van der Waals surface area contributed by atoms with Crippen LogP contribution in [-0.2, 0) is 16.4 Å². The van der Waals surface area contributed by atoms with E-state index >= 15 is 0 Å². The molecule has 3 rings (SSSR count). The Morgan fingerprint density at radius 1 is 1.24 bits per heavy atom. The summed E-state index contributed by atoms with van der Waals surface area (Å²) in [7, 11) is -2.84. The van der Waals surface area contributed by atoms with Crippen molar-refractivity contribution in [3.05, 3.63) is 46.8 Å². The first-order valence-electron chi connectivity index (χ1n) is 7.07. The fourth-order valence-electron chi connectivity index (χ4n) is 2.80. The molecule has 1 saturated heterocycles. The normalized spacial score (nSPS) is 20.9. The van der Waals surface area contributed by atoms with Crippen LogP contribution in [0.2, 0.25) is 0 Å². The first-order chi connectivity index (χ1) is 10.1. The maximum Gasteiger partial charge on any atom is 0.189 e. The van der Waals surface area contributed by atoms with Crippen LogP contribution in [0.5, 0.6) is 0 Å². The summed E-state index contributed by atoms with van der Waals surface area (Å²) in [5, 5.41) is 4.00. The van der Waals surface area contributed by atoms with Gasteiger partial charge in [-0.1, -0.05) is 12.1 Å². The van der Waals surface area contributed by atoms with Crippen molar-refractivity contribution in [1.29, 1.82) is 0 Å². The molecule has 1 unspecified atom stereocenters. The number of benzene rings is 1. The summed E-state index contributed by atoms with van der Waals surface area (Å²) >= 11 is 0. The number of aromatic nitrogens is 1. The van der Waals surface area contributed by atoms with E-state index in [0.717, 1.165) is 5.52 Å². The molecular formula is C15H18N2O3S. The quantitative estimate of drug-likeness (QED) is 0.906. The van der Waals surface area contributed by atoms with Crippen molar-refractivity contribution >= 4 is 20.7 Å². The van der Waals surface area contributed by atoms with Crippen LogP contribution in [0.4, 0.5) is 0 Å². The second-order valence-corrected chi connectivity index (χ2v) is 7.67. The molecule has 2 heterocycles. The third kappa shape index (κ3) is 3.16. The van der Waals surface area contributed by atoms with Crippen LogP contribution >= 0.6 is 0 Å². The number of sulfone groups is 1. The van der Waals surface area contributed by atoms with Crippen molar-refractivity contribution in [2.24, 2.45) is 0 Å². The van der Waals surface area contributed by atoms with Gasteiger partial charge in [-0.15, -0.1) is 0 Å². The van der Waals surface area contributed by atoms with Crippen molar-refractivity contribution < 1.29 is 8.42 Å². The van der Waals surface area contributed by atoms with Crippen LogP contribution in [0.3, 0.4) is 0 Å². The second-order valence-electron chi connectivity index (χ2n) is 5.44. The lowest BCUT2D eigenvalue weighted by Crippen LogP contribution is -2.32. The molecule has 1 aromatic carbocycles. The summed E-state index contributed by atoms with van der Waals surface area (Å²) in [6.45, 7) is 1.39. The zero-order chi connectivity index (χ0) is 14.9. The molecule has 0 radical (unpaired) electrons. The van der Waals surface area contributed by atoms with Gasteiger partial charge in [-0.25, -0.2) is 8.42 Å². The second kappa shape index (κ2) is 5.61. The van der Waals surface area contributed by atoms with E-state index in [1.165, 1.54) is 0 Å². The highest BCUT2D eigenvalue weighted by Gasteiger charge is 2.26. The molecule has 1 atom stereocenters. The average Bonchev–Trinajstić information content (AvgIpc) is 2.81. The van der Waals surface area contributed by atoms with E-state index in [0.29, 0.717) is 24.9 Å². The Balaban J connectivity index is 1.69. The standard InChI is InChI=1S/C15H18N2O3S/c18-15-5-8-17(14-4-2-1-3-13(14)15)9-7-16-12-6-10-21(19,20)11-12/h1-5,8,12,16H,6-7,9-11H2. The fraction of sp³-hybridized carbons (Fsp3) is 0.400. The van der Waals surface area contributed by atoms with Gasteiger partial charge in [0.2, 0.25) is 0 Å². The van der Waals surface area contributed by atoms with Gasteiger partial charge in [-0.2, -0.15) is 0 Å². The van der Waals surface area contributed by atoms with E-state index in [1.54, 1.807) is 12.3 Å². The van der Waals surface area contributed by atoms with Crippen molar-refractivity contribution in [2.45, 2.75) is 19.0 Å². The zero-order valence-corrected chi connectivity index (χ0v) is 12.5. The number of hydrogen-bond donors (Lipinski definition) is 1. The third-order valence-electron chi connectivity index (χ3n) is 3.90. The smallest absolute Gasteiger partial charge is 0.189 e. The summed E-state index contributed by atoms with van der Waals surface area (Å²) in [5.74, 6) is 0.517. The molecule has 2 aromatic rings. The van der Waals surface area contributed by atoms with Crippen LogP contribution in [0.25, 0.3) is 10.9 Å². The van der Waals surface area contributed by atoms with E-state index in [4.69, 9.17) is 0 Å². The number of para-hydroxylation sites is 1. The van der Waals surface area contributed by atoms with E-state index in [-0.39, 0.29) is 23.0 Å². The number of nitrogens with zero attached hydrogens (tertiary/aromatic N) is 1. The summed E-state index contributed by atoms with van der Waals surface area (Å²) in [6.07, 6.45) is 2.48. The minimum absolute atomic E-state index is 0.0247. The first kappa shape index (κ1) is 14.3. The van der Waals surface area contributed by atoms with Gasteiger partial charge >= 0.3 is 0 Å². The Hall–Kier alpha value is -1.66. The lowest BCUT2D eigenvalue weighted by molar-refractivity contribution is 0.524. The molecule has 1 aliphatic heterocycles. The fourth-order valence-corrected chi connectivity index (χ4v) is 4.51. The Kier molecular flexibility index (Phi) is 3.82.